The summed E-state index contributed by atoms with van der Waals surface area (Å²) in [7, 11) is 0. The second-order valence-electron chi connectivity index (χ2n) is 3.99. The van der Waals surface area contributed by atoms with Gasteiger partial charge < -0.3 is 15.0 Å². The van der Waals surface area contributed by atoms with Crippen molar-refractivity contribution in [2.45, 2.75) is 0 Å². The molecule has 0 bridgehead atoms. The first kappa shape index (κ1) is 15.1. The Bertz CT molecular complexity index is 776. The molecular formula is C12H9FN4O5. The van der Waals surface area contributed by atoms with Crippen LogP contribution in [0.25, 0.3) is 0 Å². The SMILES string of the molecule is O=C(COc1nc[nH]c(=O)c1[N+](=O)[O-])Nc1cccc(F)c1. The molecule has 0 saturated carbocycles. The summed E-state index contributed by atoms with van der Waals surface area (Å²) in [6, 6.07) is 5.14. The van der Waals surface area contributed by atoms with Gasteiger partial charge in [0.2, 0.25) is 0 Å². The van der Waals surface area contributed by atoms with Gasteiger partial charge in [0, 0.05) is 5.69 Å². The van der Waals surface area contributed by atoms with Crippen molar-refractivity contribution < 1.29 is 18.8 Å². The predicted octanol–water partition coefficient (Wildman–Crippen LogP) is 0.835. The van der Waals surface area contributed by atoms with Gasteiger partial charge in [-0.15, -0.1) is 0 Å². The first-order valence-electron chi connectivity index (χ1n) is 5.87. The lowest BCUT2D eigenvalue weighted by Crippen LogP contribution is -2.22. The summed E-state index contributed by atoms with van der Waals surface area (Å²) in [5, 5.41) is 13.1. The van der Waals surface area contributed by atoms with Gasteiger partial charge in [-0.05, 0) is 18.2 Å². The van der Waals surface area contributed by atoms with Crippen molar-refractivity contribution in [1.82, 2.24) is 9.97 Å². The molecule has 10 heteroatoms. The number of aromatic amines is 1. The lowest BCUT2D eigenvalue weighted by molar-refractivity contribution is -0.387. The highest BCUT2D eigenvalue weighted by Gasteiger charge is 2.22. The van der Waals surface area contributed by atoms with Crippen LogP contribution in [0.4, 0.5) is 15.8 Å². The van der Waals surface area contributed by atoms with Crippen molar-refractivity contribution >= 4 is 17.3 Å². The van der Waals surface area contributed by atoms with Crippen molar-refractivity contribution in [1.29, 1.82) is 0 Å². The fourth-order valence-corrected chi connectivity index (χ4v) is 1.54. The molecule has 0 fully saturated rings. The van der Waals surface area contributed by atoms with E-state index in [4.69, 9.17) is 4.74 Å². The number of carbonyl (C=O) groups excluding carboxylic acids is 1. The summed E-state index contributed by atoms with van der Waals surface area (Å²) in [5.41, 5.74) is -1.71. The van der Waals surface area contributed by atoms with Crippen LogP contribution in [0.5, 0.6) is 5.88 Å². The van der Waals surface area contributed by atoms with E-state index in [9.17, 15) is 24.1 Å². The number of nitro groups is 1. The van der Waals surface area contributed by atoms with Crippen molar-refractivity contribution in [2.75, 3.05) is 11.9 Å². The number of hydrogen-bond donors (Lipinski definition) is 2. The third kappa shape index (κ3) is 3.62. The third-order valence-corrected chi connectivity index (χ3v) is 2.43. The average Bonchev–Trinajstić information content (AvgIpc) is 2.44. The zero-order valence-electron chi connectivity index (χ0n) is 10.9. The zero-order valence-corrected chi connectivity index (χ0v) is 10.9. The third-order valence-electron chi connectivity index (χ3n) is 2.43. The van der Waals surface area contributed by atoms with Crippen molar-refractivity contribution in [3.63, 3.8) is 0 Å². The van der Waals surface area contributed by atoms with Crippen LogP contribution < -0.4 is 15.6 Å². The Hall–Kier alpha value is -3.30. The molecular weight excluding hydrogens is 299 g/mol. The Morgan fingerprint density at radius 1 is 1.50 bits per heavy atom. The summed E-state index contributed by atoms with van der Waals surface area (Å²) in [4.78, 5) is 38.2. The second-order valence-corrected chi connectivity index (χ2v) is 3.99. The largest absolute Gasteiger partial charge is 0.462 e. The monoisotopic (exact) mass is 308 g/mol. The van der Waals surface area contributed by atoms with E-state index in [1.807, 2.05) is 4.98 Å². The van der Waals surface area contributed by atoms with E-state index in [1.165, 1.54) is 18.2 Å². The highest BCUT2D eigenvalue weighted by atomic mass is 19.1. The zero-order chi connectivity index (χ0) is 16.1. The fourth-order valence-electron chi connectivity index (χ4n) is 1.54. The Morgan fingerprint density at radius 3 is 2.95 bits per heavy atom. The summed E-state index contributed by atoms with van der Waals surface area (Å²) >= 11 is 0. The van der Waals surface area contributed by atoms with E-state index < -0.39 is 40.4 Å². The number of halogens is 1. The molecule has 0 aliphatic carbocycles. The number of hydrogen-bond acceptors (Lipinski definition) is 6. The molecule has 0 unspecified atom stereocenters. The van der Waals surface area contributed by atoms with E-state index in [1.54, 1.807) is 0 Å². The predicted molar refractivity (Wildman–Crippen MR) is 72.0 cm³/mol. The van der Waals surface area contributed by atoms with Gasteiger partial charge in [0.1, 0.15) is 5.82 Å². The van der Waals surface area contributed by atoms with E-state index in [0.717, 1.165) is 12.4 Å². The van der Waals surface area contributed by atoms with Crippen LogP contribution in [0.1, 0.15) is 0 Å². The van der Waals surface area contributed by atoms with Crippen molar-refractivity contribution in [3.05, 3.63) is 56.9 Å². The number of benzene rings is 1. The topological polar surface area (TPSA) is 127 Å². The molecule has 22 heavy (non-hydrogen) atoms. The number of anilines is 1. The normalized spacial score (nSPS) is 10.0. The Morgan fingerprint density at radius 2 is 2.27 bits per heavy atom. The first-order chi connectivity index (χ1) is 10.5. The van der Waals surface area contributed by atoms with Gasteiger partial charge >= 0.3 is 17.1 Å². The van der Waals surface area contributed by atoms with Crippen LogP contribution in [-0.4, -0.2) is 27.4 Å². The van der Waals surface area contributed by atoms with E-state index in [2.05, 4.69) is 10.3 Å². The minimum Gasteiger partial charge on any atom is -0.462 e. The molecule has 114 valence electrons. The molecule has 1 aromatic heterocycles. The molecule has 0 spiro atoms. The van der Waals surface area contributed by atoms with Crippen LogP contribution in [0.15, 0.2) is 35.4 Å². The standard InChI is InChI=1S/C12H9FN4O5/c13-7-2-1-3-8(4-7)16-9(18)5-22-12-10(17(20)21)11(19)14-6-15-12/h1-4,6H,5H2,(H,16,18)(H,14,15,19). The van der Waals surface area contributed by atoms with Gasteiger partial charge in [-0.2, -0.15) is 4.98 Å². The Labute approximate surface area is 121 Å². The molecule has 2 N–H and O–H groups in total. The molecule has 9 nitrogen and oxygen atoms in total. The van der Waals surface area contributed by atoms with Gasteiger partial charge in [-0.1, -0.05) is 6.07 Å². The molecule has 0 aliphatic rings. The van der Waals surface area contributed by atoms with Gasteiger partial charge in [0.25, 0.3) is 5.91 Å². The first-order valence-corrected chi connectivity index (χ1v) is 5.87. The lowest BCUT2D eigenvalue weighted by atomic mass is 10.3. The number of nitrogens with zero attached hydrogens (tertiary/aromatic N) is 2. The van der Waals surface area contributed by atoms with Crippen LogP contribution >= 0.6 is 0 Å². The lowest BCUT2D eigenvalue weighted by Gasteiger charge is -2.06. The maximum Gasteiger partial charge on any atom is 0.395 e. The van der Waals surface area contributed by atoms with Gasteiger partial charge in [0.05, 0.1) is 11.3 Å². The summed E-state index contributed by atoms with van der Waals surface area (Å²) in [5.74, 6) is -1.81. The minimum absolute atomic E-state index is 0.196. The van der Waals surface area contributed by atoms with E-state index in [-0.39, 0.29) is 5.69 Å². The van der Waals surface area contributed by atoms with E-state index in [0.29, 0.717) is 0 Å². The fraction of sp³-hybridized carbons (Fsp3) is 0.0833. The average molecular weight is 308 g/mol. The van der Waals surface area contributed by atoms with Crippen LogP contribution in [-0.2, 0) is 4.79 Å². The number of ether oxygens (including phenoxy) is 1. The van der Waals surface area contributed by atoms with Gasteiger partial charge in [0.15, 0.2) is 6.61 Å². The van der Waals surface area contributed by atoms with Gasteiger partial charge in [-0.25, -0.2) is 4.39 Å². The molecule has 2 aromatic rings. The second kappa shape index (κ2) is 6.43. The molecule has 1 amide bonds. The molecule has 1 heterocycles. The van der Waals surface area contributed by atoms with Crippen LogP contribution in [0.2, 0.25) is 0 Å². The number of rotatable bonds is 5. The highest BCUT2D eigenvalue weighted by Crippen LogP contribution is 2.17. The van der Waals surface area contributed by atoms with Crippen molar-refractivity contribution in [2.24, 2.45) is 0 Å². The smallest absolute Gasteiger partial charge is 0.395 e. The molecule has 2 rings (SSSR count). The summed E-state index contributed by atoms with van der Waals surface area (Å²) < 4.78 is 17.8. The number of H-pyrrole nitrogens is 1. The maximum atomic E-state index is 12.9. The number of amides is 1. The molecule has 0 aliphatic heterocycles. The van der Waals surface area contributed by atoms with Gasteiger partial charge in [-0.3, -0.25) is 19.7 Å². The number of aromatic nitrogens is 2. The van der Waals surface area contributed by atoms with Crippen molar-refractivity contribution in [3.8, 4) is 5.88 Å². The number of carbonyl (C=O) groups is 1. The minimum atomic E-state index is -1.000. The number of nitrogens with one attached hydrogen (secondary N) is 2. The molecule has 0 atom stereocenters. The summed E-state index contributed by atoms with van der Waals surface area (Å²) in [6.45, 7) is -0.631. The Balaban J connectivity index is 2.04. The van der Waals surface area contributed by atoms with Crippen LogP contribution in [0, 0.1) is 15.9 Å². The van der Waals surface area contributed by atoms with E-state index >= 15 is 0 Å². The Kier molecular flexibility index (Phi) is 4.41. The molecule has 0 radical (unpaired) electrons. The summed E-state index contributed by atoms with van der Waals surface area (Å²) in [6.07, 6.45) is 0.912. The molecule has 1 aromatic carbocycles. The molecule has 0 saturated heterocycles. The quantitative estimate of drug-likeness (QED) is 0.622. The van der Waals surface area contributed by atoms with Crippen LogP contribution in [0.3, 0.4) is 0 Å². The highest BCUT2D eigenvalue weighted by molar-refractivity contribution is 5.91. The maximum absolute atomic E-state index is 12.9.